The van der Waals surface area contributed by atoms with E-state index in [0.717, 1.165) is 11.8 Å². The lowest BCUT2D eigenvalue weighted by Crippen LogP contribution is -2.64. The second kappa shape index (κ2) is 7.34. The van der Waals surface area contributed by atoms with Crippen LogP contribution in [-0.4, -0.2) is 49.8 Å². The van der Waals surface area contributed by atoms with Crippen molar-refractivity contribution >= 4 is 16.0 Å². The van der Waals surface area contributed by atoms with Crippen LogP contribution in [0.5, 0.6) is 0 Å². The molecule has 0 bridgehead atoms. The Morgan fingerprint density at radius 1 is 1.21 bits per heavy atom. The van der Waals surface area contributed by atoms with Crippen molar-refractivity contribution in [1.82, 2.24) is 14.7 Å². The molecular weight excluding hydrogens is 464 g/mol. The molecule has 0 radical (unpaired) electrons. The zero-order chi connectivity index (χ0) is 23.8. The molecule has 178 valence electrons. The molecule has 5 rings (SSSR count). The highest BCUT2D eigenvalue weighted by molar-refractivity contribution is 7.88. The van der Waals surface area contributed by atoms with Gasteiger partial charge in [0.2, 0.25) is 16.0 Å². The quantitative estimate of drug-likeness (QED) is 0.669. The number of benzene rings is 1. The molecule has 7 nitrogen and oxygen atoms in total. The fourth-order valence-corrected chi connectivity index (χ4v) is 5.30. The molecule has 1 aliphatic carbocycles. The van der Waals surface area contributed by atoms with E-state index in [2.05, 4.69) is 14.7 Å². The fraction of sp³-hybridized carbons (Fsp3) is 0.524. The molecule has 1 saturated heterocycles. The minimum absolute atomic E-state index is 0.0650. The molecule has 2 aliphatic heterocycles. The lowest BCUT2D eigenvalue weighted by atomic mass is 9.94. The van der Waals surface area contributed by atoms with Crippen LogP contribution in [-0.2, 0) is 33.7 Å². The van der Waals surface area contributed by atoms with Crippen LogP contribution in [0, 0.1) is 0 Å². The molecule has 1 aromatic heterocycles. The lowest BCUT2D eigenvalue weighted by Gasteiger charge is -2.45. The zero-order valence-electron chi connectivity index (χ0n) is 17.9. The summed E-state index contributed by atoms with van der Waals surface area (Å²) in [5.74, 6) is -6.25. The van der Waals surface area contributed by atoms with Crippen LogP contribution in [0.3, 0.4) is 0 Å². The Morgan fingerprint density at radius 2 is 1.97 bits per heavy atom. The van der Waals surface area contributed by atoms with Gasteiger partial charge in [-0.15, -0.1) is 0 Å². The average Bonchev–Trinajstić information content (AvgIpc) is 3.04. The summed E-state index contributed by atoms with van der Waals surface area (Å²) in [6.07, 6.45) is 0.699. The van der Waals surface area contributed by atoms with Crippen LogP contribution < -0.4 is 9.62 Å². The first-order chi connectivity index (χ1) is 15.4. The van der Waals surface area contributed by atoms with E-state index in [1.807, 2.05) is 0 Å². The number of alkyl halides is 4. The summed E-state index contributed by atoms with van der Waals surface area (Å²) in [6.45, 7) is 1.06. The Labute approximate surface area is 188 Å². The van der Waals surface area contributed by atoms with Crippen LogP contribution >= 0.6 is 0 Å². The molecule has 0 saturated carbocycles. The summed E-state index contributed by atoms with van der Waals surface area (Å²) in [5, 5.41) is 0. The van der Waals surface area contributed by atoms with Crippen molar-refractivity contribution in [2.24, 2.45) is 0 Å². The Bertz CT molecular complexity index is 1240. The van der Waals surface area contributed by atoms with Crippen LogP contribution in [0.25, 0.3) is 11.3 Å². The first-order valence-corrected chi connectivity index (χ1v) is 12.4. The zero-order valence-corrected chi connectivity index (χ0v) is 18.7. The van der Waals surface area contributed by atoms with E-state index < -0.39 is 52.6 Å². The van der Waals surface area contributed by atoms with Crippen molar-refractivity contribution in [3.8, 4) is 11.3 Å². The maximum absolute atomic E-state index is 14.6. The summed E-state index contributed by atoms with van der Waals surface area (Å²) in [7, 11) is -3.48. The van der Waals surface area contributed by atoms with Gasteiger partial charge < -0.3 is 9.64 Å². The summed E-state index contributed by atoms with van der Waals surface area (Å²) in [6, 6.07) is 3.36. The summed E-state index contributed by atoms with van der Waals surface area (Å²) >= 11 is 0. The second-order valence-electron chi connectivity index (χ2n) is 8.84. The standard InChI is InChI=1S/C21H22F4N4O3S/c1-11-21(24,25)10-29(11)19-26-17(15-5-6-20(22,23)18(15)27-19)12-3-4-14-13(7-12)8-32-9-16(14)28-33(2,30)31/h3-4,7,11,16,28H,5-6,8-10H2,1-2H3/t11-,16-/m0/s1. The van der Waals surface area contributed by atoms with Crippen LogP contribution in [0.1, 0.15) is 41.8 Å². The summed E-state index contributed by atoms with van der Waals surface area (Å²) < 4.78 is 88.1. The van der Waals surface area contributed by atoms with E-state index >= 15 is 0 Å². The monoisotopic (exact) mass is 486 g/mol. The van der Waals surface area contributed by atoms with E-state index in [0.29, 0.717) is 16.7 Å². The van der Waals surface area contributed by atoms with E-state index in [-0.39, 0.29) is 31.3 Å². The van der Waals surface area contributed by atoms with Gasteiger partial charge in [0.25, 0.3) is 11.8 Å². The van der Waals surface area contributed by atoms with Crippen LogP contribution in [0.2, 0.25) is 0 Å². The molecule has 0 spiro atoms. The number of anilines is 1. The van der Waals surface area contributed by atoms with Crippen LogP contribution in [0.15, 0.2) is 18.2 Å². The number of nitrogens with zero attached hydrogens (tertiary/aromatic N) is 3. The third kappa shape index (κ3) is 3.87. The van der Waals surface area contributed by atoms with Gasteiger partial charge in [-0.3, -0.25) is 0 Å². The average molecular weight is 486 g/mol. The number of halogens is 4. The number of fused-ring (bicyclic) bond motifs is 2. The van der Waals surface area contributed by atoms with Gasteiger partial charge in [0, 0.05) is 17.5 Å². The maximum Gasteiger partial charge on any atom is 0.290 e. The van der Waals surface area contributed by atoms with Gasteiger partial charge in [-0.05, 0) is 30.5 Å². The number of ether oxygens (including phenoxy) is 1. The van der Waals surface area contributed by atoms with E-state index in [1.54, 1.807) is 18.2 Å². The highest BCUT2D eigenvalue weighted by Crippen LogP contribution is 2.46. The maximum atomic E-state index is 14.6. The molecule has 3 aliphatic rings. The molecule has 2 aromatic rings. The number of aromatic nitrogens is 2. The summed E-state index contributed by atoms with van der Waals surface area (Å²) in [5.41, 5.74) is 2.09. The Kier molecular flexibility index (Phi) is 5.00. The highest BCUT2D eigenvalue weighted by Gasteiger charge is 2.54. The molecule has 2 atom stereocenters. The SMILES string of the molecule is C[C@@H]1N(c2nc(-c3ccc4c(c3)COC[C@@H]4NS(C)(=O)=O)c3c(n2)C(F)(F)CC3)CC1(F)F. The topological polar surface area (TPSA) is 84.4 Å². The first kappa shape index (κ1) is 22.5. The number of sulfonamides is 1. The minimum atomic E-state index is -3.48. The molecule has 3 heterocycles. The van der Waals surface area contributed by atoms with Crippen LogP contribution in [0.4, 0.5) is 23.5 Å². The molecule has 12 heteroatoms. The van der Waals surface area contributed by atoms with Crippen molar-refractivity contribution in [2.75, 3.05) is 24.3 Å². The van der Waals surface area contributed by atoms with Gasteiger partial charge in [-0.25, -0.2) is 31.9 Å². The van der Waals surface area contributed by atoms with Crippen molar-refractivity contribution in [3.05, 3.63) is 40.6 Å². The largest absolute Gasteiger partial charge is 0.375 e. The Morgan fingerprint density at radius 3 is 2.64 bits per heavy atom. The predicted molar refractivity (Wildman–Crippen MR) is 112 cm³/mol. The van der Waals surface area contributed by atoms with Gasteiger partial charge in [0.05, 0.1) is 43.8 Å². The van der Waals surface area contributed by atoms with Gasteiger partial charge in [0.1, 0.15) is 5.69 Å². The molecular formula is C21H22F4N4O3S. The molecule has 1 N–H and O–H groups in total. The molecule has 33 heavy (non-hydrogen) atoms. The van der Waals surface area contributed by atoms with E-state index in [9.17, 15) is 26.0 Å². The molecule has 1 fully saturated rings. The molecule has 0 amide bonds. The summed E-state index contributed by atoms with van der Waals surface area (Å²) in [4.78, 5) is 9.67. The lowest BCUT2D eigenvalue weighted by molar-refractivity contribution is -0.0650. The number of rotatable bonds is 4. The van der Waals surface area contributed by atoms with E-state index in [1.165, 1.54) is 11.8 Å². The van der Waals surface area contributed by atoms with Crippen molar-refractivity contribution < 1.29 is 30.7 Å². The van der Waals surface area contributed by atoms with Crippen molar-refractivity contribution in [2.45, 2.75) is 50.3 Å². The molecule has 0 unspecified atom stereocenters. The predicted octanol–water partition coefficient (Wildman–Crippen LogP) is 3.15. The minimum Gasteiger partial charge on any atom is -0.375 e. The second-order valence-corrected chi connectivity index (χ2v) is 10.6. The highest BCUT2D eigenvalue weighted by atomic mass is 32.2. The van der Waals surface area contributed by atoms with Gasteiger partial charge in [-0.1, -0.05) is 12.1 Å². The molecule has 1 aromatic carbocycles. The number of hydrogen-bond donors (Lipinski definition) is 1. The van der Waals surface area contributed by atoms with Crippen molar-refractivity contribution in [1.29, 1.82) is 0 Å². The number of hydrogen-bond acceptors (Lipinski definition) is 6. The first-order valence-electron chi connectivity index (χ1n) is 10.5. The Balaban J connectivity index is 1.58. The Hall–Kier alpha value is -2.31. The normalized spacial score (nSPS) is 25.3. The third-order valence-corrected chi connectivity index (χ3v) is 7.15. The fourth-order valence-electron chi connectivity index (χ4n) is 4.59. The van der Waals surface area contributed by atoms with Crippen molar-refractivity contribution in [3.63, 3.8) is 0 Å². The third-order valence-electron chi connectivity index (χ3n) is 6.44. The van der Waals surface area contributed by atoms with Gasteiger partial charge in [-0.2, -0.15) is 8.78 Å². The smallest absolute Gasteiger partial charge is 0.290 e. The van der Waals surface area contributed by atoms with Gasteiger partial charge in [0.15, 0.2) is 0 Å². The number of nitrogens with one attached hydrogen (secondary N) is 1. The van der Waals surface area contributed by atoms with E-state index in [4.69, 9.17) is 4.74 Å². The van der Waals surface area contributed by atoms with Gasteiger partial charge >= 0.3 is 0 Å².